The maximum atomic E-state index is 11.6. The first-order chi connectivity index (χ1) is 8.31. The third-order valence-electron chi connectivity index (χ3n) is 1.88. The average Bonchev–Trinajstić information content (AvgIpc) is 2.79. The number of aromatic nitrogens is 2. The molecule has 2 rings (SSSR count). The number of hydrogen-bond donors (Lipinski definition) is 0. The Kier molecular flexibility index (Phi) is 4.11. The highest BCUT2D eigenvalue weighted by Gasteiger charge is 2.18. The Labute approximate surface area is 107 Å². The Hall–Kier alpha value is -1.40. The molecule has 88 valence electrons. The minimum Gasteiger partial charge on any atom is -0.461 e. The van der Waals surface area contributed by atoms with Crippen molar-refractivity contribution in [1.82, 2.24) is 8.75 Å². The zero-order chi connectivity index (χ0) is 12.1. The van der Waals surface area contributed by atoms with Gasteiger partial charge in [0.25, 0.3) is 0 Å². The molecule has 6 heteroatoms. The van der Waals surface area contributed by atoms with Gasteiger partial charge in [-0.25, -0.2) is 4.79 Å². The fourth-order valence-electron chi connectivity index (χ4n) is 1.17. The summed E-state index contributed by atoms with van der Waals surface area (Å²) in [5, 5.41) is 0.597. The molecule has 1 heterocycles. The molecule has 0 spiro atoms. The van der Waals surface area contributed by atoms with Crippen LogP contribution in [0.25, 0.3) is 0 Å². The topological polar surface area (TPSA) is 52.1 Å². The van der Waals surface area contributed by atoms with E-state index in [9.17, 15) is 4.79 Å². The van der Waals surface area contributed by atoms with Crippen LogP contribution in [0, 0.1) is 0 Å². The lowest BCUT2D eigenvalue weighted by Crippen LogP contribution is -2.06. The van der Waals surface area contributed by atoms with E-state index in [4.69, 9.17) is 4.74 Å². The fourth-order valence-corrected chi connectivity index (χ4v) is 2.66. The maximum Gasteiger partial charge on any atom is 0.360 e. The largest absolute Gasteiger partial charge is 0.461 e. The molecule has 0 N–H and O–H groups in total. The van der Waals surface area contributed by atoms with Gasteiger partial charge in [-0.1, -0.05) is 30.0 Å². The van der Waals surface area contributed by atoms with Crippen molar-refractivity contribution in [3.8, 4) is 0 Å². The van der Waals surface area contributed by atoms with Gasteiger partial charge >= 0.3 is 5.97 Å². The van der Waals surface area contributed by atoms with Crippen LogP contribution in [0.4, 0.5) is 0 Å². The minimum absolute atomic E-state index is 0.297. The van der Waals surface area contributed by atoms with E-state index in [2.05, 4.69) is 8.75 Å². The zero-order valence-electron chi connectivity index (χ0n) is 9.12. The van der Waals surface area contributed by atoms with Gasteiger partial charge in [0, 0.05) is 4.90 Å². The third kappa shape index (κ3) is 3.04. The molecule has 0 unspecified atom stereocenters. The molecule has 0 amide bonds. The fraction of sp³-hybridized carbons (Fsp3) is 0.182. The summed E-state index contributed by atoms with van der Waals surface area (Å²) in [6, 6.07) is 9.73. The van der Waals surface area contributed by atoms with Crippen LogP contribution >= 0.6 is 23.5 Å². The summed E-state index contributed by atoms with van der Waals surface area (Å²) in [4.78, 5) is 12.6. The predicted octanol–water partition coefficient (Wildman–Crippen LogP) is 2.87. The zero-order valence-corrected chi connectivity index (χ0v) is 10.8. The standard InChI is InChI=1S/C11H10N2O2S2/c1-2-15-11(14)9-10(13-17-12-9)16-8-6-4-3-5-7-8/h3-7H,2H2,1H3. The van der Waals surface area contributed by atoms with E-state index in [1.165, 1.54) is 11.8 Å². The molecule has 1 aromatic carbocycles. The van der Waals surface area contributed by atoms with Gasteiger partial charge in [-0.15, -0.1) is 0 Å². The van der Waals surface area contributed by atoms with Gasteiger partial charge in [-0.05, 0) is 19.1 Å². The number of hydrogen-bond acceptors (Lipinski definition) is 6. The Morgan fingerprint density at radius 3 is 2.82 bits per heavy atom. The van der Waals surface area contributed by atoms with Crippen LogP contribution in [0.3, 0.4) is 0 Å². The molecule has 4 nitrogen and oxygen atoms in total. The number of rotatable bonds is 4. The molecule has 0 saturated carbocycles. The van der Waals surface area contributed by atoms with E-state index in [0.29, 0.717) is 17.3 Å². The van der Waals surface area contributed by atoms with E-state index in [0.717, 1.165) is 16.6 Å². The average molecular weight is 266 g/mol. The van der Waals surface area contributed by atoms with Crippen LogP contribution < -0.4 is 0 Å². The van der Waals surface area contributed by atoms with Crippen LogP contribution in [0.2, 0.25) is 0 Å². The van der Waals surface area contributed by atoms with Gasteiger partial charge in [0.15, 0.2) is 5.69 Å². The summed E-state index contributed by atoms with van der Waals surface area (Å²) in [6.45, 7) is 2.10. The van der Waals surface area contributed by atoms with Crippen LogP contribution in [0.1, 0.15) is 17.4 Å². The molecule has 0 aliphatic rings. The van der Waals surface area contributed by atoms with E-state index >= 15 is 0 Å². The van der Waals surface area contributed by atoms with E-state index in [1.807, 2.05) is 30.3 Å². The van der Waals surface area contributed by atoms with Crippen molar-refractivity contribution in [2.45, 2.75) is 16.8 Å². The van der Waals surface area contributed by atoms with E-state index in [1.54, 1.807) is 6.92 Å². The number of esters is 1. The Bertz CT molecular complexity index is 499. The lowest BCUT2D eigenvalue weighted by atomic mass is 10.4. The van der Waals surface area contributed by atoms with Crippen molar-refractivity contribution in [3.63, 3.8) is 0 Å². The van der Waals surface area contributed by atoms with Crippen LogP contribution in [-0.4, -0.2) is 21.3 Å². The first-order valence-electron chi connectivity index (χ1n) is 5.04. The molecule has 0 atom stereocenters. The Balaban J connectivity index is 2.17. The highest BCUT2D eigenvalue weighted by molar-refractivity contribution is 7.99. The number of nitrogens with zero attached hydrogens (tertiary/aromatic N) is 2. The summed E-state index contributed by atoms with van der Waals surface area (Å²) in [5.41, 5.74) is 0.297. The highest BCUT2D eigenvalue weighted by Crippen LogP contribution is 2.29. The smallest absolute Gasteiger partial charge is 0.360 e. The SMILES string of the molecule is CCOC(=O)c1nsnc1Sc1ccccc1. The number of benzene rings is 1. The molecule has 1 aromatic heterocycles. The second-order valence-corrected chi connectivity index (χ2v) is 4.64. The quantitative estimate of drug-likeness (QED) is 0.796. The lowest BCUT2D eigenvalue weighted by Gasteiger charge is -2.00. The van der Waals surface area contributed by atoms with Crippen molar-refractivity contribution >= 4 is 29.5 Å². The summed E-state index contributed by atoms with van der Waals surface area (Å²) in [6.07, 6.45) is 0. The van der Waals surface area contributed by atoms with Crippen molar-refractivity contribution in [2.75, 3.05) is 6.61 Å². The second-order valence-electron chi connectivity index (χ2n) is 3.05. The van der Waals surface area contributed by atoms with Crippen molar-refractivity contribution in [2.24, 2.45) is 0 Å². The lowest BCUT2D eigenvalue weighted by molar-refractivity contribution is 0.0516. The van der Waals surface area contributed by atoms with E-state index < -0.39 is 5.97 Å². The second kappa shape index (κ2) is 5.79. The van der Waals surface area contributed by atoms with Crippen LogP contribution in [-0.2, 0) is 4.74 Å². The molecule has 17 heavy (non-hydrogen) atoms. The third-order valence-corrected chi connectivity index (χ3v) is 3.51. The monoisotopic (exact) mass is 266 g/mol. The molecule has 2 aromatic rings. The van der Waals surface area contributed by atoms with Gasteiger partial charge in [0.2, 0.25) is 0 Å². The number of carbonyl (C=O) groups excluding carboxylic acids is 1. The van der Waals surface area contributed by atoms with E-state index in [-0.39, 0.29) is 0 Å². The van der Waals surface area contributed by atoms with Gasteiger partial charge in [-0.2, -0.15) is 8.75 Å². The number of ether oxygens (including phenoxy) is 1. The molecular weight excluding hydrogens is 256 g/mol. The molecular formula is C11H10N2O2S2. The van der Waals surface area contributed by atoms with Gasteiger partial charge in [0.05, 0.1) is 18.3 Å². The summed E-state index contributed by atoms with van der Waals surface area (Å²) >= 11 is 2.43. The minimum atomic E-state index is -0.417. The van der Waals surface area contributed by atoms with Gasteiger partial charge in [-0.3, -0.25) is 0 Å². The first kappa shape index (κ1) is 12.1. The van der Waals surface area contributed by atoms with Gasteiger partial charge < -0.3 is 4.74 Å². The molecule has 0 bridgehead atoms. The highest BCUT2D eigenvalue weighted by atomic mass is 32.2. The maximum absolute atomic E-state index is 11.6. The molecule has 0 aliphatic carbocycles. The van der Waals surface area contributed by atoms with Crippen molar-refractivity contribution < 1.29 is 9.53 Å². The first-order valence-corrected chi connectivity index (χ1v) is 6.58. The summed E-state index contributed by atoms with van der Waals surface area (Å²) in [7, 11) is 0. The molecule has 0 radical (unpaired) electrons. The molecule has 0 saturated heterocycles. The Morgan fingerprint density at radius 2 is 2.12 bits per heavy atom. The normalized spacial score (nSPS) is 10.2. The molecule has 0 fully saturated rings. The molecule has 0 aliphatic heterocycles. The van der Waals surface area contributed by atoms with Crippen LogP contribution in [0.15, 0.2) is 40.3 Å². The predicted molar refractivity (Wildman–Crippen MR) is 66.4 cm³/mol. The summed E-state index contributed by atoms with van der Waals surface area (Å²) in [5.74, 6) is -0.417. The van der Waals surface area contributed by atoms with Crippen LogP contribution in [0.5, 0.6) is 0 Å². The Morgan fingerprint density at radius 1 is 1.35 bits per heavy atom. The van der Waals surface area contributed by atoms with Gasteiger partial charge in [0.1, 0.15) is 5.03 Å². The summed E-state index contributed by atoms with van der Waals surface area (Å²) < 4.78 is 13.0. The number of carbonyl (C=O) groups is 1. The van der Waals surface area contributed by atoms with Crippen molar-refractivity contribution in [3.05, 3.63) is 36.0 Å². The van der Waals surface area contributed by atoms with Crippen molar-refractivity contribution in [1.29, 1.82) is 0 Å².